The van der Waals surface area contributed by atoms with Crippen LogP contribution < -0.4 is 10.6 Å². The number of nitrogens with one attached hydrogen (secondary N) is 2. The van der Waals surface area contributed by atoms with E-state index in [0.29, 0.717) is 22.3 Å². The number of rotatable bonds is 6. The smallest absolute Gasteiger partial charge is 0.246 e. The molecule has 0 unspecified atom stereocenters. The van der Waals surface area contributed by atoms with Crippen molar-refractivity contribution in [2.24, 2.45) is 11.8 Å². The zero-order chi connectivity index (χ0) is 25.7. The standard InChI is InChI=1S/C27H27Cl2N3O4S/c28-18-9-8-16(13-19(18)29)31-24(33)21-20-10-11-27(36-20)22(21)26(35)32(14-17-7-4-12-37-17)23(27)25(34)30-15-5-2-1-3-6-15/h4,7-13,15,20-23H,1-3,5-6,14H2,(H,30,34)(H,31,33)/t20-,21-,22-,23-,27-/m1/s1. The molecule has 4 heterocycles. The molecule has 5 atom stereocenters. The van der Waals surface area contributed by atoms with E-state index in [4.69, 9.17) is 27.9 Å². The number of likely N-dealkylation sites (tertiary alicyclic amines) is 1. The first-order chi connectivity index (χ1) is 17.9. The van der Waals surface area contributed by atoms with Crippen LogP contribution in [0.5, 0.6) is 0 Å². The van der Waals surface area contributed by atoms with Gasteiger partial charge in [-0.1, -0.05) is 60.7 Å². The number of carbonyl (C=O) groups excluding carboxylic acids is 3. The lowest BCUT2D eigenvalue weighted by Crippen LogP contribution is -2.56. The number of halogens is 2. The zero-order valence-corrected chi connectivity index (χ0v) is 22.3. The number of ether oxygens (including phenoxy) is 1. The molecule has 2 bridgehead atoms. The number of nitrogens with zero attached hydrogens (tertiary/aromatic N) is 1. The maximum absolute atomic E-state index is 14.0. The summed E-state index contributed by atoms with van der Waals surface area (Å²) >= 11 is 13.7. The molecule has 1 saturated carbocycles. The van der Waals surface area contributed by atoms with E-state index in [-0.39, 0.29) is 23.8 Å². The molecule has 2 N–H and O–H groups in total. The van der Waals surface area contributed by atoms with Crippen LogP contribution in [0.4, 0.5) is 5.69 Å². The molecule has 6 rings (SSSR count). The molecule has 7 nitrogen and oxygen atoms in total. The minimum absolute atomic E-state index is 0.0896. The zero-order valence-electron chi connectivity index (χ0n) is 20.0. The summed E-state index contributed by atoms with van der Waals surface area (Å²) in [5.41, 5.74) is -0.704. The van der Waals surface area contributed by atoms with Gasteiger partial charge in [-0.15, -0.1) is 11.3 Å². The van der Waals surface area contributed by atoms with Crippen LogP contribution in [-0.4, -0.2) is 46.4 Å². The quantitative estimate of drug-likeness (QED) is 0.498. The van der Waals surface area contributed by atoms with Crippen molar-refractivity contribution in [3.05, 3.63) is 62.8 Å². The van der Waals surface area contributed by atoms with E-state index >= 15 is 0 Å². The molecule has 2 aromatic rings. The minimum atomic E-state index is -1.18. The lowest BCUT2D eigenvalue weighted by Gasteiger charge is -2.34. The third kappa shape index (κ3) is 4.28. The van der Waals surface area contributed by atoms with Crippen LogP contribution in [0.2, 0.25) is 10.0 Å². The Hall–Kier alpha value is -2.39. The van der Waals surface area contributed by atoms with Crippen molar-refractivity contribution in [3.8, 4) is 0 Å². The molecule has 3 aliphatic heterocycles. The molecule has 1 aromatic carbocycles. The van der Waals surface area contributed by atoms with E-state index < -0.39 is 29.6 Å². The van der Waals surface area contributed by atoms with Gasteiger partial charge in [-0.25, -0.2) is 0 Å². The topological polar surface area (TPSA) is 87.7 Å². The second-order valence-corrected chi connectivity index (χ2v) is 12.1. The fourth-order valence-electron chi connectivity index (χ4n) is 6.33. The molecular formula is C27H27Cl2N3O4S. The number of fused-ring (bicyclic) bond motifs is 1. The Morgan fingerprint density at radius 3 is 2.65 bits per heavy atom. The number of hydrogen-bond donors (Lipinski definition) is 2. The van der Waals surface area contributed by atoms with Gasteiger partial charge in [-0.3, -0.25) is 14.4 Å². The maximum atomic E-state index is 14.0. The highest BCUT2D eigenvalue weighted by Gasteiger charge is 2.72. The van der Waals surface area contributed by atoms with E-state index in [1.165, 1.54) is 17.8 Å². The highest BCUT2D eigenvalue weighted by atomic mass is 35.5. The van der Waals surface area contributed by atoms with E-state index in [1.54, 1.807) is 23.1 Å². The fraction of sp³-hybridized carbons (Fsp3) is 0.444. The molecule has 1 aliphatic carbocycles. The molecule has 10 heteroatoms. The average Bonchev–Trinajstić information content (AvgIpc) is 3.65. The van der Waals surface area contributed by atoms with Crippen molar-refractivity contribution in [2.45, 2.75) is 62.4 Å². The molecule has 194 valence electrons. The van der Waals surface area contributed by atoms with Crippen molar-refractivity contribution in [1.82, 2.24) is 10.2 Å². The van der Waals surface area contributed by atoms with Gasteiger partial charge in [0.15, 0.2) is 0 Å². The number of hydrogen-bond acceptors (Lipinski definition) is 5. The fourth-order valence-corrected chi connectivity index (χ4v) is 7.34. The second-order valence-electron chi connectivity index (χ2n) is 10.2. The van der Waals surface area contributed by atoms with Gasteiger partial charge < -0.3 is 20.3 Å². The Morgan fingerprint density at radius 2 is 1.92 bits per heavy atom. The Bertz CT molecular complexity index is 1260. The highest BCUT2D eigenvalue weighted by molar-refractivity contribution is 7.09. The summed E-state index contributed by atoms with van der Waals surface area (Å²) in [6, 6.07) is 7.94. The summed E-state index contributed by atoms with van der Waals surface area (Å²) in [7, 11) is 0. The summed E-state index contributed by atoms with van der Waals surface area (Å²) in [5, 5.41) is 8.72. The van der Waals surface area contributed by atoms with E-state index in [9.17, 15) is 14.4 Å². The first kappa shape index (κ1) is 24.9. The van der Waals surface area contributed by atoms with Gasteiger partial charge in [0.2, 0.25) is 17.7 Å². The number of thiophene rings is 1. The molecule has 2 saturated heterocycles. The Labute approximate surface area is 229 Å². The van der Waals surface area contributed by atoms with Crippen LogP contribution in [0.25, 0.3) is 0 Å². The monoisotopic (exact) mass is 559 g/mol. The van der Waals surface area contributed by atoms with Crippen molar-refractivity contribution in [3.63, 3.8) is 0 Å². The van der Waals surface area contributed by atoms with Gasteiger partial charge in [0, 0.05) is 16.6 Å². The van der Waals surface area contributed by atoms with Crippen LogP contribution in [-0.2, 0) is 25.7 Å². The summed E-state index contributed by atoms with van der Waals surface area (Å²) in [4.78, 5) is 43.9. The second kappa shape index (κ2) is 9.73. The summed E-state index contributed by atoms with van der Waals surface area (Å²) in [6.45, 7) is 0.292. The lowest BCUT2D eigenvalue weighted by molar-refractivity contribution is -0.142. The molecule has 3 amide bonds. The minimum Gasteiger partial charge on any atom is -0.359 e. The Morgan fingerprint density at radius 1 is 1.11 bits per heavy atom. The highest BCUT2D eigenvalue weighted by Crippen LogP contribution is 2.55. The van der Waals surface area contributed by atoms with Gasteiger partial charge in [-0.2, -0.15) is 0 Å². The van der Waals surface area contributed by atoms with Gasteiger partial charge in [-0.05, 0) is 42.5 Å². The number of anilines is 1. The molecular weight excluding hydrogens is 533 g/mol. The lowest BCUT2D eigenvalue weighted by atomic mass is 9.74. The molecule has 1 spiro atoms. The normalized spacial score (nSPS) is 30.5. The largest absolute Gasteiger partial charge is 0.359 e. The molecule has 0 radical (unpaired) electrons. The molecule has 4 aliphatic rings. The Balaban J connectivity index is 1.31. The van der Waals surface area contributed by atoms with Crippen molar-refractivity contribution in [2.75, 3.05) is 5.32 Å². The molecule has 3 fully saturated rings. The van der Waals surface area contributed by atoms with Crippen molar-refractivity contribution < 1.29 is 19.1 Å². The van der Waals surface area contributed by atoms with Crippen LogP contribution in [0, 0.1) is 11.8 Å². The molecule has 37 heavy (non-hydrogen) atoms. The summed E-state index contributed by atoms with van der Waals surface area (Å²) in [6.07, 6.45) is 8.26. The average molecular weight is 561 g/mol. The van der Waals surface area contributed by atoms with Gasteiger partial charge in [0.05, 0.1) is 34.5 Å². The maximum Gasteiger partial charge on any atom is 0.246 e. The molecule has 1 aromatic heterocycles. The van der Waals surface area contributed by atoms with E-state index in [0.717, 1.165) is 30.6 Å². The predicted molar refractivity (Wildman–Crippen MR) is 142 cm³/mol. The van der Waals surface area contributed by atoms with Crippen LogP contribution in [0.1, 0.15) is 37.0 Å². The number of amides is 3. The van der Waals surface area contributed by atoms with Crippen LogP contribution in [0.3, 0.4) is 0 Å². The summed E-state index contributed by atoms with van der Waals surface area (Å²) < 4.78 is 6.40. The van der Waals surface area contributed by atoms with Crippen LogP contribution >= 0.6 is 34.5 Å². The Kier molecular flexibility index (Phi) is 6.55. The third-order valence-corrected chi connectivity index (χ3v) is 9.57. The van der Waals surface area contributed by atoms with Gasteiger partial charge >= 0.3 is 0 Å². The van der Waals surface area contributed by atoms with E-state index in [2.05, 4.69) is 10.6 Å². The van der Waals surface area contributed by atoms with E-state index in [1.807, 2.05) is 29.7 Å². The van der Waals surface area contributed by atoms with Gasteiger partial charge in [0.1, 0.15) is 11.6 Å². The van der Waals surface area contributed by atoms with Gasteiger partial charge in [0.25, 0.3) is 0 Å². The summed E-state index contributed by atoms with van der Waals surface area (Å²) in [5.74, 6) is -2.37. The number of carbonyl (C=O) groups is 3. The third-order valence-electron chi connectivity index (χ3n) is 7.97. The van der Waals surface area contributed by atoms with Crippen LogP contribution in [0.15, 0.2) is 47.9 Å². The van der Waals surface area contributed by atoms with Crippen molar-refractivity contribution >= 4 is 57.9 Å². The first-order valence-electron chi connectivity index (χ1n) is 12.6. The SMILES string of the molecule is O=C(Nc1ccc(Cl)c(Cl)c1)[C@@H]1[C@H]2C=C[C@@]3(O2)[C@H]1C(=O)N(Cc1cccs1)[C@@H]3C(=O)NC1CCCCC1. The predicted octanol–water partition coefficient (Wildman–Crippen LogP) is 4.79. The number of benzene rings is 1. The first-order valence-corrected chi connectivity index (χ1v) is 14.3. The van der Waals surface area contributed by atoms with Crippen molar-refractivity contribution in [1.29, 1.82) is 0 Å².